The molecule has 0 bridgehead atoms. The lowest BCUT2D eigenvalue weighted by atomic mass is 10.2. The Balaban J connectivity index is 1.53. The van der Waals surface area contributed by atoms with Gasteiger partial charge in [-0.05, 0) is 36.4 Å². The summed E-state index contributed by atoms with van der Waals surface area (Å²) in [5, 5.41) is 6.03. The van der Waals surface area contributed by atoms with E-state index < -0.39 is 0 Å². The molecule has 7 heteroatoms. The van der Waals surface area contributed by atoms with Gasteiger partial charge in [-0.25, -0.2) is 4.79 Å². The highest BCUT2D eigenvalue weighted by molar-refractivity contribution is 6.30. The van der Waals surface area contributed by atoms with Crippen LogP contribution in [-0.2, 0) is 4.79 Å². The van der Waals surface area contributed by atoms with Gasteiger partial charge in [-0.3, -0.25) is 4.79 Å². The highest BCUT2D eigenvalue weighted by Gasteiger charge is 2.24. The smallest absolute Gasteiger partial charge is 0.319 e. The Morgan fingerprint density at radius 2 is 1.92 bits per heavy atom. The van der Waals surface area contributed by atoms with E-state index in [4.69, 9.17) is 16.3 Å². The van der Waals surface area contributed by atoms with Gasteiger partial charge in [0.25, 0.3) is 5.91 Å². The van der Waals surface area contributed by atoms with Gasteiger partial charge in [0.05, 0.1) is 5.69 Å². The maximum Gasteiger partial charge on any atom is 0.319 e. The third-order valence-corrected chi connectivity index (χ3v) is 3.78. The Bertz CT molecular complexity index is 749. The van der Waals surface area contributed by atoms with Gasteiger partial charge < -0.3 is 20.3 Å². The van der Waals surface area contributed by atoms with E-state index in [9.17, 15) is 9.59 Å². The number of nitrogens with one attached hydrogen (secondary N) is 2. The van der Waals surface area contributed by atoms with Crippen molar-refractivity contribution in [1.82, 2.24) is 5.32 Å². The summed E-state index contributed by atoms with van der Waals surface area (Å²) in [5.41, 5.74) is 1.36. The number of rotatable bonds is 4. The highest BCUT2D eigenvalue weighted by Crippen LogP contribution is 2.30. The van der Waals surface area contributed by atoms with E-state index >= 15 is 0 Å². The molecular weight excluding hydrogens is 330 g/mol. The number of carbonyl (C=O) groups is 2. The van der Waals surface area contributed by atoms with Crippen molar-refractivity contribution in [1.29, 1.82) is 0 Å². The number of halogens is 1. The SMILES string of the molecule is O=C(NCCN1C(=O)COc2ccccc21)Nc1ccc(Cl)cc1. The number of ether oxygens (including phenoxy) is 1. The van der Waals surface area contributed by atoms with Gasteiger partial charge in [0, 0.05) is 23.8 Å². The molecule has 0 unspecified atom stereocenters. The summed E-state index contributed by atoms with van der Waals surface area (Å²) in [7, 11) is 0. The molecule has 3 amide bonds. The molecule has 0 atom stereocenters. The fraction of sp³-hybridized carbons (Fsp3) is 0.176. The van der Waals surface area contributed by atoms with Crippen molar-refractivity contribution in [3.8, 4) is 5.75 Å². The fourth-order valence-electron chi connectivity index (χ4n) is 2.39. The molecule has 0 saturated heterocycles. The summed E-state index contributed by atoms with van der Waals surface area (Å²) in [6.45, 7) is 0.695. The molecule has 2 aromatic carbocycles. The molecule has 0 radical (unpaired) electrons. The Labute approximate surface area is 144 Å². The van der Waals surface area contributed by atoms with Crippen molar-refractivity contribution >= 4 is 34.9 Å². The van der Waals surface area contributed by atoms with Crippen molar-refractivity contribution in [3.63, 3.8) is 0 Å². The van der Waals surface area contributed by atoms with Crippen LogP contribution < -0.4 is 20.3 Å². The van der Waals surface area contributed by atoms with Crippen molar-refractivity contribution in [3.05, 3.63) is 53.6 Å². The summed E-state index contributed by atoms with van der Waals surface area (Å²) in [6, 6.07) is 13.8. The molecule has 2 aromatic rings. The maximum atomic E-state index is 12.0. The van der Waals surface area contributed by atoms with Gasteiger partial charge in [-0.2, -0.15) is 0 Å². The molecule has 1 aliphatic heterocycles. The molecule has 6 nitrogen and oxygen atoms in total. The average molecular weight is 346 g/mol. The Kier molecular flexibility index (Phi) is 4.86. The van der Waals surface area contributed by atoms with Crippen molar-refractivity contribution < 1.29 is 14.3 Å². The zero-order valence-corrected chi connectivity index (χ0v) is 13.5. The minimum Gasteiger partial charge on any atom is -0.482 e. The lowest BCUT2D eigenvalue weighted by Gasteiger charge is -2.29. The predicted octanol–water partition coefficient (Wildman–Crippen LogP) is 2.89. The molecule has 0 saturated carbocycles. The molecule has 0 aromatic heterocycles. The van der Waals surface area contributed by atoms with Crippen LogP contribution in [0.15, 0.2) is 48.5 Å². The largest absolute Gasteiger partial charge is 0.482 e. The molecule has 0 aliphatic carbocycles. The fourth-order valence-corrected chi connectivity index (χ4v) is 2.51. The molecule has 0 spiro atoms. The number of nitrogens with zero attached hydrogens (tertiary/aromatic N) is 1. The summed E-state index contributed by atoms with van der Waals surface area (Å²) >= 11 is 5.80. The van der Waals surface area contributed by atoms with Crippen LogP contribution in [0.25, 0.3) is 0 Å². The quantitative estimate of drug-likeness (QED) is 0.895. The maximum absolute atomic E-state index is 12.0. The Hall–Kier alpha value is -2.73. The first kappa shape index (κ1) is 16.1. The lowest BCUT2D eigenvalue weighted by molar-refractivity contribution is -0.121. The highest BCUT2D eigenvalue weighted by atomic mass is 35.5. The summed E-state index contributed by atoms with van der Waals surface area (Å²) in [5.74, 6) is 0.538. The first-order chi connectivity index (χ1) is 11.6. The van der Waals surface area contributed by atoms with Crippen LogP contribution in [0.5, 0.6) is 5.75 Å². The van der Waals surface area contributed by atoms with E-state index in [1.165, 1.54) is 0 Å². The molecular formula is C17H16ClN3O3. The van der Waals surface area contributed by atoms with Crippen LogP contribution in [0.3, 0.4) is 0 Å². The van der Waals surface area contributed by atoms with Gasteiger partial charge >= 0.3 is 6.03 Å². The first-order valence-electron chi connectivity index (χ1n) is 7.46. The van der Waals surface area contributed by atoms with E-state index in [1.807, 2.05) is 24.3 Å². The number of para-hydroxylation sites is 2. The van der Waals surface area contributed by atoms with Crippen molar-refractivity contribution in [2.24, 2.45) is 0 Å². The predicted molar refractivity (Wildman–Crippen MR) is 92.8 cm³/mol. The molecule has 3 rings (SSSR count). The van der Waals surface area contributed by atoms with Crippen LogP contribution >= 0.6 is 11.6 Å². The second-order valence-electron chi connectivity index (χ2n) is 5.19. The van der Waals surface area contributed by atoms with Crippen LogP contribution in [0, 0.1) is 0 Å². The topological polar surface area (TPSA) is 70.7 Å². The molecule has 1 heterocycles. The summed E-state index contributed by atoms with van der Waals surface area (Å²) in [4.78, 5) is 25.5. The zero-order chi connectivity index (χ0) is 16.9. The minimum atomic E-state index is -0.341. The number of hydrogen-bond donors (Lipinski definition) is 2. The number of carbonyl (C=O) groups excluding carboxylic acids is 2. The summed E-state index contributed by atoms with van der Waals surface area (Å²) in [6.07, 6.45) is 0. The molecule has 2 N–H and O–H groups in total. The van der Waals surface area contributed by atoms with E-state index in [1.54, 1.807) is 29.2 Å². The first-order valence-corrected chi connectivity index (χ1v) is 7.84. The molecule has 0 fully saturated rings. The van der Waals surface area contributed by atoms with E-state index in [0.29, 0.717) is 35.2 Å². The monoisotopic (exact) mass is 345 g/mol. The molecule has 124 valence electrons. The Morgan fingerprint density at radius 3 is 2.71 bits per heavy atom. The zero-order valence-electron chi connectivity index (χ0n) is 12.8. The van der Waals surface area contributed by atoms with Gasteiger partial charge in [-0.15, -0.1) is 0 Å². The van der Waals surface area contributed by atoms with Gasteiger partial charge in [-0.1, -0.05) is 23.7 Å². The van der Waals surface area contributed by atoms with Crippen LogP contribution in [0.1, 0.15) is 0 Å². The standard InChI is InChI=1S/C17H16ClN3O3/c18-12-5-7-13(8-6-12)20-17(23)19-9-10-21-14-3-1-2-4-15(14)24-11-16(21)22/h1-8H,9-11H2,(H2,19,20,23). The number of anilines is 2. The van der Waals surface area contributed by atoms with E-state index in [2.05, 4.69) is 10.6 Å². The normalized spacial score (nSPS) is 13.0. The van der Waals surface area contributed by atoms with E-state index in [-0.39, 0.29) is 18.5 Å². The lowest BCUT2D eigenvalue weighted by Crippen LogP contribution is -2.44. The summed E-state index contributed by atoms with van der Waals surface area (Å²) < 4.78 is 5.38. The second-order valence-corrected chi connectivity index (χ2v) is 5.63. The third kappa shape index (κ3) is 3.78. The Morgan fingerprint density at radius 1 is 1.17 bits per heavy atom. The van der Waals surface area contributed by atoms with Crippen molar-refractivity contribution in [2.45, 2.75) is 0 Å². The number of amides is 3. The molecule has 24 heavy (non-hydrogen) atoms. The minimum absolute atomic E-state index is 0.00792. The number of benzene rings is 2. The number of fused-ring (bicyclic) bond motifs is 1. The van der Waals surface area contributed by atoms with Crippen LogP contribution in [-0.4, -0.2) is 31.6 Å². The third-order valence-electron chi connectivity index (χ3n) is 3.53. The van der Waals surface area contributed by atoms with Gasteiger partial charge in [0.1, 0.15) is 5.75 Å². The second kappa shape index (κ2) is 7.23. The van der Waals surface area contributed by atoms with Crippen molar-refractivity contribution in [2.75, 3.05) is 29.9 Å². The van der Waals surface area contributed by atoms with Crippen LogP contribution in [0.4, 0.5) is 16.2 Å². The van der Waals surface area contributed by atoms with E-state index in [0.717, 1.165) is 0 Å². The average Bonchev–Trinajstić information content (AvgIpc) is 2.59. The van der Waals surface area contributed by atoms with Crippen LogP contribution in [0.2, 0.25) is 5.02 Å². The number of hydrogen-bond acceptors (Lipinski definition) is 3. The number of urea groups is 1. The molecule has 1 aliphatic rings. The van der Waals surface area contributed by atoms with Gasteiger partial charge in [0.2, 0.25) is 0 Å². The van der Waals surface area contributed by atoms with Gasteiger partial charge in [0.15, 0.2) is 6.61 Å².